The third-order valence-corrected chi connectivity index (χ3v) is 4.77. The number of likely N-dealkylation sites (tertiary alicyclic amines) is 1. The van der Waals surface area contributed by atoms with Crippen LogP contribution in [0.2, 0.25) is 0 Å². The van der Waals surface area contributed by atoms with Crippen LogP contribution in [0.4, 0.5) is 0 Å². The van der Waals surface area contributed by atoms with Crippen LogP contribution in [0.25, 0.3) is 0 Å². The van der Waals surface area contributed by atoms with Gasteiger partial charge in [0.05, 0.1) is 11.8 Å². The molecule has 0 spiro atoms. The summed E-state index contributed by atoms with van der Waals surface area (Å²) in [6.45, 7) is 3.05. The number of rotatable bonds is 5. The summed E-state index contributed by atoms with van der Waals surface area (Å²) in [6, 6.07) is 8.23. The summed E-state index contributed by atoms with van der Waals surface area (Å²) in [5.41, 5.74) is 0.709. The largest absolute Gasteiger partial charge is 0.341 e. The van der Waals surface area contributed by atoms with E-state index in [4.69, 9.17) is 0 Å². The molecule has 0 unspecified atom stereocenters. The van der Waals surface area contributed by atoms with Gasteiger partial charge in [0.1, 0.15) is 0 Å². The lowest BCUT2D eigenvalue weighted by molar-refractivity contribution is -0.131. The molecular weight excluding hydrogens is 276 g/mol. The van der Waals surface area contributed by atoms with Crippen molar-refractivity contribution in [2.24, 2.45) is 0 Å². The molecule has 1 saturated heterocycles. The number of nitrogens with one attached hydrogen (secondary N) is 1. The van der Waals surface area contributed by atoms with Crippen molar-refractivity contribution in [1.29, 1.82) is 0 Å². The third kappa shape index (κ3) is 4.05. The van der Waals surface area contributed by atoms with Gasteiger partial charge in [-0.15, -0.1) is 0 Å². The minimum atomic E-state index is -3.51. The molecule has 1 fully saturated rings. The molecule has 0 aliphatic carbocycles. The third-order valence-electron chi connectivity index (χ3n) is 3.34. The van der Waals surface area contributed by atoms with Crippen molar-refractivity contribution in [3.8, 4) is 0 Å². The van der Waals surface area contributed by atoms with Crippen LogP contribution in [-0.4, -0.2) is 38.4 Å². The molecule has 110 valence electrons. The van der Waals surface area contributed by atoms with E-state index in [0.29, 0.717) is 5.56 Å². The molecule has 1 heterocycles. The Labute approximate surface area is 120 Å². The molecule has 20 heavy (non-hydrogen) atoms. The van der Waals surface area contributed by atoms with Crippen LogP contribution in [0.1, 0.15) is 25.3 Å². The van der Waals surface area contributed by atoms with Crippen molar-refractivity contribution in [2.45, 2.75) is 31.6 Å². The molecule has 5 nitrogen and oxygen atoms in total. The van der Waals surface area contributed by atoms with Gasteiger partial charge in [0, 0.05) is 13.1 Å². The molecule has 1 aromatic rings. The maximum atomic E-state index is 12.1. The lowest BCUT2D eigenvalue weighted by Gasteiger charge is -2.21. The van der Waals surface area contributed by atoms with E-state index in [0.717, 1.165) is 25.9 Å². The fourth-order valence-corrected chi connectivity index (χ4v) is 3.72. The van der Waals surface area contributed by atoms with E-state index in [9.17, 15) is 13.2 Å². The van der Waals surface area contributed by atoms with Crippen molar-refractivity contribution in [3.63, 3.8) is 0 Å². The molecular formula is C14H20N2O3S. The first-order chi connectivity index (χ1) is 9.48. The summed E-state index contributed by atoms with van der Waals surface area (Å²) >= 11 is 0. The molecule has 1 amide bonds. The molecule has 0 radical (unpaired) electrons. The first-order valence-electron chi connectivity index (χ1n) is 6.81. The molecule has 0 bridgehead atoms. The first-order valence-corrected chi connectivity index (χ1v) is 8.46. The molecule has 2 rings (SSSR count). The van der Waals surface area contributed by atoms with E-state index in [-0.39, 0.29) is 11.7 Å². The van der Waals surface area contributed by atoms with Crippen molar-refractivity contribution in [3.05, 3.63) is 35.9 Å². The average molecular weight is 296 g/mol. The van der Waals surface area contributed by atoms with E-state index in [1.807, 2.05) is 6.07 Å². The minimum absolute atomic E-state index is 0.106. The maximum absolute atomic E-state index is 12.1. The fraction of sp³-hybridized carbons (Fsp3) is 0.500. The normalized spacial score (nSPS) is 17.1. The molecule has 6 heteroatoms. The number of amides is 1. The average Bonchev–Trinajstić information content (AvgIpc) is 2.91. The Hall–Kier alpha value is -1.40. The van der Waals surface area contributed by atoms with Gasteiger partial charge in [-0.3, -0.25) is 4.79 Å². The second-order valence-electron chi connectivity index (χ2n) is 5.12. The van der Waals surface area contributed by atoms with Crippen molar-refractivity contribution >= 4 is 15.9 Å². The van der Waals surface area contributed by atoms with E-state index >= 15 is 0 Å². The summed E-state index contributed by atoms with van der Waals surface area (Å²) in [7, 11) is -3.51. The number of carbonyl (C=O) groups is 1. The van der Waals surface area contributed by atoms with Crippen LogP contribution < -0.4 is 4.72 Å². The topological polar surface area (TPSA) is 66.5 Å². The lowest BCUT2D eigenvalue weighted by Crippen LogP contribution is -2.46. The molecule has 0 aromatic heterocycles. The van der Waals surface area contributed by atoms with Crippen molar-refractivity contribution in [2.75, 3.05) is 13.1 Å². The standard InChI is InChI=1S/C14H20N2O3S/c1-12(14(17)16-9-5-6-10-16)15-20(18,19)11-13-7-3-2-4-8-13/h2-4,7-8,12,15H,5-6,9-11H2,1H3/t12-/m1/s1. The van der Waals surface area contributed by atoms with Crippen LogP contribution in [-0.2, 0) is 20.6 Å². The summed E-state index contributed by atoms with van der Waals surface area (Å²) in [5, 5.41) is 0. The Kier molecular flexibility index (Phi) is 4.77. The Morgan fingerprint density at radius 2 is 1.85 bits per heavy atom. The summed E-state index contributed by atoms with van der Waals surface area (Å²) in [6.07, 6.45) is 1.99. The highest BCUT2D eigenvalue weighted by atomic mass is 32.2. The molecule has 1 aromatic carbocycles. The zero-order valence-electron chi connectivity index (χ0n) is 11.6. The molecule has 0 saturated carbocycles. The minimum Gasteiger partial charge on any atom is -0.341 e. The predicted molar refractivity (Wildman–Crippen MR) is 77.5 cm³/mol. The number of nitrogens with zero attached hydrogens (tertiary/aromatic N) is 1. The highest BCUT2D eigenvalue weighted by molar-refractivity contribution is 7.88. The molecule has 1 aliphatic heterocycles. The van der Waals surface area contributed by atoms with Gasteiger partial charge in [-0.05, 0) is 25.3 Å². The highest BCUT2D eigenvalue weighted by Crippen LogP contribution is 2.10. The summed E-state index contributed by atoms with van der Waals surface area (Å²) in [5.74, 6) is -0.245. The van der Waals surface area contributed by atoms with Crippen LogP contribution in [0.3, 0.4) is 0 Å². The monoisotopic (exact) mass is 296 g/mol. The number of hydrogen-bond donors (Lipinski definition) is 1. The SMILES string of the molecule is C[C@@H](NS(=O)(=O)Cc1ccccc1)C(=O)N1CCCC1. The maximum Gasteiger partial charge on any atom is 0.240 e. The van der Waals surface area contributed by atoms with Gasteiger partial charge in [-0.1, -0.05) is 30.3 Å². The second kappa shape index (κ2) is 6.37. The molecule has 1 atom stereocenters. The number of sulfonamides is 1. The second-order valence-corrected chi connectivity index (χ2v) is 6.87. The Morgan fingerprint density at radius 1 is 1.25 bits per heavy atom. The van der Waals surface area contributed by atoms with Gasteiger partial charge in [-0.25, -0.2) is 13.1 Å². The van der Waals surface area contributed by atoms with Crippen LogP contribution in [0, 0.1) is 0 Å². The predicted octanol–water partition coefficient (Wildman–Crippen LogP) is 1.12. The van der Waals surface area contributed by atoms with E-state index in [2.05, 4.69) is 4.72 Å². The van der Waals surface area contributed by atoms with Crippen LogP contribution >= 0.6 is 0 Å². The van der Waals surface area contributed by atoms with Gasteiger partial charge in [0.2, 0.25) is 15.9 Å². The highest BCUT2D eigenvalue weighted by Gasteiger charge is 2.26. The quantitative estimate of drug-likeness (QED) is 0.885. The summed E-state index contributed by atoms with van der Waals surface area (Å²) < 4.78 is 26.6. The van der Waals surface area contributed by atoms with Gasteiger partial charge in [-0.2, -0.15) is 0 Å². The molecule has 1 N–H and O–H groups in total. The van der Waals surface area contributed by atoms with Gasteiger partial charge in [0.25, 0.3) is 0 Å². The number of hydrogen-bond acceptors (Lipinski definition) is 3. The van der Waals surface area contributed by atoms with Gasteiger partial charge >= 0.3 is 0 Å². The van der Waals surface area contributed by atoms with E-state index in [1.165, 1.54) is 0 Å². The zero-order valence-corrected chi connectivity index (χ0v) is 12.4. The first kappa shape index (κ1) is 15.0. The van der Waals surface area contributed by atoms with Crippen molar-refractivity contribution < 1.29 is 13.2 Å². The van der Waals surface area contributed by atoms with Gasteiger partial charge < -0.3 is 4.90 Å². The van der Waals surface area contributed by atoms with E-state index < -0.39 is 16.1 Å². The Bertz CT molecular complexity index is 551. The fourth-order valence-electron chi connectivity index (χ4n) is 2.37. The zero-order chi connectivity index (χ0) is 14.6. The van der Waals surface area contributed by atoms with Crippen molar-refractivity contribution in [1.82, 2.24) is 9.62 Å². The number of benzene rings is 1. The Balaban J connectivity index is 1.95. The lowest BCUT2D eigenvalue weighted by atomic mass is 10.2. The Morgan fingerprint density at radius 3 is 2.45 bits per heavy atom. The molecule has 1 aliphatic rings. The van der Waals surface area contributed by atoms with E-state index in [1.54, 1.807) is 36.1 Å². The van der Waals surface area contributed by atoms with Crippen LogP contribution in [0.15, 0.2) is 30.3 Å². The summed E-state index contributed by atoms with van der Waals surface area (Å²) in [4.78, 5) is 13.8. The van der Waals surface area contributed by atoms with Crippen LogP contribution in [0.5, 0.6) is 0 Å². The van der Waals surface area contributed by atoms with Gasteiger partial charge in [0.15, 0.2) is 0 Å². The number of carbonyl (C=O) groups excluding carboxylic acids is 1. The smallest absolute Gasteiger partial charge is 0.240 e.